The number of hydrogen-bond acceptors (Lipinski definition) is 5. The van der Waals surface area contributed by atoms with Crippen LogP contribution >= 0.6 is 11.3 Å². The lowest BCUT2D eigenvalue weighted by Gasteiger charge is -2.33. The van der Waals surface area contributed by atoms with E-state index in [-0.39, 0.29) is 5.91 Å². The van der Waals surface area contributed by atoms with Crippen molar-refractivity contribution >= 4 is 32.6 Å². The number of thiazole rings is 1. The van der Waals surface area contributed by atoms with Gasteiger partial charge in [-0.25, -0.2) is 4.98 Å². The smallest absolute Gasteiger partial charge is 0.243 e. The number of fused-ring (bicyclic) bond motifs is 1. The molecule has 6 heteroatoms. The third kappa shape index (κ3) is 4.24. The summed E-state index contributed by atoms with van der Waals surface area (Å²) in [6, 6.07) is 16.4. The number of aromatic nitrogens is 1. The zero-order valence-corrected chi connectivity index (χ0v) is 17.3. The van der Waals surface area contributed by atoms with Crippen molar-refractivity contribution in [3.05, 3.63) is 59.7 Å². The first-order chi connectivity index (χ1) is 13.6. The van der Waals surface area contributed by atoms with Gasteiger partial charge in [0, 0.05) is 26.2 Å². The molecule has 4 rings (SSSR count). The van der Waals surface area contributed by atoms with E-state index in [9.17, 15) is 4.79 Å². The summed E-state index contributed by atoms with van der Waals surface area (Å²) in [5.41, 5.74) is 3.25. The van der Waals surface area contributed by atoms with Crippen molar-refractivity contribution in [3.63, 3.8) is 0 Å². The lowest BCUT2D eigenvalue weighted by Crippen LogP contribution is -2.48. The molecule has 1 saturated heterocycles. The number of amides is 1. The molecule has 0 unspecified atom stereocenters. The Labute approximate surface area is 170 Å². The summed E-state index contributed by atoms with van der Waals surface area (Å²) in [6.07, 6.45) is 0. The molecule has 5 nitrogen and oxygen atoms in total. The number of aryl methyl sites for hydroxylation is 1. The summed E-state index contributed by atoms with van der Waals surface area (Å²) >= 11 is 1.60. The van der Waals surface area contributed by atoms with Gasteiger partial charge in [-0.15, -0.1) is 0 Å². The minimum absolute atomic E-state index is 0.116. The van der Waals surface area contributed by atoms with Crippen molar-refractivity contribution < 1.29 is 4.79 Å². The Hall–Kier alpha value is -2.28. The number of nitrogens with zero attached hydrogens (tertiary/aromatic N) is 4. The van der Waals surface area contributed by atoms with E-state index in [1.807, 2.05) is 29.2 Å². The Morgan fingerprint density at radius 3 is 2.54 bits per heavy atom. The molecular weight excluding hydrogens is 368 g/mol. The predicted molar refractivity (Wildman–Crippen MR) is 116 cm³/mol. The summed E-state index contributed by atoms with van der Waals surface area (Å²) in [7, 11) is 2.13. The molecule has 3 aromatic rings. The first kappa shape index (κ1) is 19.1. The molecule has 1 aliphatic heterocycles. The maximum atomic E-state index is 13.3. The van der Waals surface area contributed by atoms with Crippen molar-refractivity contribution in [2.75, 3.05) is 44.7 Å². The number of likely N-dealkylation sites (N-methyl/N-ethyl adjacent to an activating group) is 1. The average Bonchev–Trinajstić information content (AvgIpc) is 3.14. The average molecular weight is 395 g/mol. The number of carbonyl (C=O) groups is 1. The maximum Gasteiger partial charge on any atom is 0.243 e. The molecule has 0 atom stereocenters. The van der Waals surface area contributed by atoms with Gasteiger partial charge >= 0.3 is 0 Å². The van der Waals surface area contributed by atoms with E-state index in [1.165, 1.54) is 0 Å². The second-order valence-corrected chi connectivity index (χ2v) is 8.47. The van der Waals surface area contributed by atoms with E-state index in [2.05, 4.69) is 48.0 Å². The molecule has 1 aromatic heterocycles. The quantitative estimate of drug-likeness (QED) is 0.665. The third-order valence-corrected chi connectivity index (χ3v) is 6.32. The Morgan fingerprint density at radius 1 is 1.07 bits per heavy atom. The number of anilines is 1. The SMILES string of the molecule is Cc1cccc2sc(N(Cc3ccccc3)C(=O)CN3CCN(C)CC3)nc12. The second kappa shape index (κ2) is 8.39. The van der Waals surface area contributed by atoms with Gasteiger partial charge in [-0.3, -0.25) is 14.6 Å². The van der Waals surface area contributed by atoms with E-state index in [0.717, 1.165) is 52.7 Å². The normalized spacial score (nSPS) is 15.8. The van der Waals surface area contributed by atoms with Gasteiger partial charge in [0.1, 0.15) is 0 Å². The van der Waals surface area contributed by atoms with E-state index in [4.69, 9.17) is 4.98 Å². The van der Waals surface area contributed by atoms with Crippen LogP contribution in [0, 0.1) is 6.92 Å². The fourth-order valence-electron chi connectivity index (χ4n) is 3.50. The molecule has 2 heterocycles. The Morgan fingerprint density at radius 2 is 1.82 bits per heavy atom. The third-order valence-electron chi connectivity index (χ3n) is 5.28. The Bertz CT molecular complexity index is 948. The van der Waals surface area contributed by atoms with Crippen LogP contribution in [0.4, 0.5) is 5.13 Å². The van der Waals surface area contributed by atoms with E-state index in [1.54, 1.807) is 11.3 Å². The summed E-state index contributed by atoms with van der Waals surface area (Å²) in [5.74, 6) is 0.116. The van der Waals surface area contributed by atoms with Gasteiger partial charge in [0.15, 0.2) is 5.13 Å². The lowest BCUT2D eigenvalue weighted by atomic mass is 10.2. The van der Waals surface area contributed by atoms with Crippen molar-refractivity contribution in [2.45, 2.75) is 13.5 Å². The number of rotatable bonds is 5. The van der Waals surface area contributed by atoms with Crippen LogP contribution in [0.3, 0.4) is 0 Å². The molecule has 1 aliphatic rings. The molecule has 2 aromatic carbocycles. The maximum absolute atomic E-state index is 13.3. The lowest BCUT2D eigenvalue weighted by molar-refractivity contribution is -0.120. The minimum Gasteiger partial charge on any atom is -0.304 e. The van der Waals surface area contributed by atoms with Crippen LogP contribution in [-0.2, 0) is 11.3 Å². The zero-order chi connectivity index (χ0) is 19.5. The monoisotopic (exact) mass is 394 g/mol. The van der Waals surface area contributed by atoms with E-state index in [0.29, 0.717) is 13.1 Å². The molecule has 28 heavy (non-hydrogen) atoms. The number of piperazine rings is 1. The van der Waals surface area contributed by atoms with Crippen molar-refractivity contribution in [2.24, 2.45) is 0 Å². The van der Waals surface area contributed by atoms with Gasteiger partial charge in [-0.2, -0.15) is 0 Å². The van der Waals surface area contributed by atoms with Crippen LogP contribution in [-0.4, -0.2) is 60.5 Å². The molecule has 0 N–H and O–H groups in total. The largest absolute Gasteiger partial charge is 0.304 e. The van der Waals surface area contributed by atoms with Gasteiger partial charge in [0.05, 0.1) is 23.3 Å². The van der Waals surface area contributed by atoms with Gasteiger partial charge in [0.25, 0.3) is 0 Å². The van der Waals surface area contributed by atoms with E-state index >= 15 is 0 Å². The predicted octanol–water partition coefficient (Wildman–Crippen LogP) is 3.39. The molecule has 146 valence electrons. The molecule has 0 spiro atoms. The highest BCUT2D eigenvalue weighted by Gasteiger charge is 2.24. The van der Waals surface area contributed by atoms with Gasteiger partial charge < -0.3 is 4.90 Å². The molecule has 0 aliphatic carbocycles. The van der Waals surface area contributed by atoms with Crippen molar-refractivity contribution in [1.29, 1.82) is 0 Å². The zero-order valence-electron chi connectivity index (χ0n) is 16.5. The highest BCUT2D eigenvalue weighted by atomic mass is 32.1. The fraction of sp³-hybridized carbons (Fsp3) is 0.364. The highest BCUT2D eigenvalue weighted by Crippen LogP contribution is 2.31. The van der Waals surface area contributed by atoms with Crippen LogP contribution in [0.2, 0.25) is 0 Å². The fourth-order valence-corrected chi connectivity index (χ4v) is 4.56. The topological polar surface area (TPSA) is 39.7 Å². The molecule has 1 fully saturated rings. The van der Waals surface area contributed by atoms with Gasteiger partial charge in [-0.05, 0) is 31.2 Å². The van der Waals surface area contributed by atoms with Crippen LogP contribution in [0.1, 0.15) is 11.1 Å². The standard InChI is InChI=1S/C22H26N4OS/c1-17-7-6-10-19-21(17)23-22(28-19)26(15-18-8-4-3-5-9-18)20(27)16-25-13-11-24(2)12-14-25/h3-10H,11-16H2,1-2H3. The molecule has 0 radical (unpaired) electrons. The first-order valence-corrected chi connectivity index (χ1v) is 10.5. The van der Waals surface area contributed by atoms with Crippen LogP contribution in [0.5, 0.6) is 0 Å². The van der Waals surface area contributed by atoms with Crippen LogP contribution < -0.4 is 4.90 Å². The number of para-hydroxylation sites is 1. The van der Waals surface area contributed by atoms with Gasteiger partial charge in [0.2, 0.25) is 5.91 Å². The van der Waals surface area contributed by atoms with E-state index < -0.39 is 0 Å². The van der Waals surface area contributed by atoms with Crippen molar-refractivity contribution in [1.82, 2.24) is 14.8 Å². The summed E-state index contributed by atoms with van der Waals surface area (Å²) in [6.45, 7) is 6.93. The summed E-state index contributed by atoms with van der Waals surface area (Å²) in [5, 5.41) is 0.785. The summed E-state index contributed by atoms with van der Waals surface area (Å²) < 4.78 is 1.13. The number of carbonyl (C=O) groups excluding carboxylic acids is 1. The summed E-state index contributed by atoms with van der Waals surface area (Å²) in [4.78, 5) is 24.5. The number of benzene rings is 2. The number of hydrogen-bond donors (Lipinski definition) is 0. The first-order valence-electron chi connectivity index (χ1n) is 9.71. The van der Waals surface area contributed by atoms with Crippen molar-refractivity contribution in [3.8, 4) is 0 Å². The molecule has 1 amide bonds. The minimum atomic E-state index is 0.116. The molecular formula is C22H26N4OS. The van der Waals surface area contributed by atoms with Crippen LogP contribution in [0.25, 0.3) is 10.2 Å². The van der Waals surface area contributed by atoms with Gasteiger partial charge in [-0.1, -0.05) is 53.8 Å². The highest BCUT2D eigenvalue weighted by molar-refractivity contribution is 7.22. The Balaban J connectivity index is 1.61. The second-order valence-electron chi connectivity index (χ2n) is 7.46. The molecule has 0 bridgehead atoms. The Kier molecular flexibility index (Phi) is 5.71. The van der Waals surface area contributed by atoms with Crippen LogP contribution in [0.15, 0.2) is 48.5 Å². The molecule has 0 saturated carbocycles.